The Morgan fingerprint density at radius 1 is 1.06 bits per heavy atom. The van der Waals surface area contributed by atoms with E-state index in [4.69, 9.17) is 37.6 Å². The molecule has 1 aromatic heterocycles. The van der Waals surface area contributed by atoms with Crippen LogP contribution in [-0.2, 0) is 11.3 Å². The Morgan fingerprint density at radius 2 is 1.73 bits per heavy atom. The zero-order valence-corrected chi connectivity index (χ0v) is 19.5. The minimum absolute atomic E-state index is 0.121. The lowest BCUT2D eigenvalue weighted by atomic mass is 10.0. The molecule has 1 aliphatic carbocycles. The first kappa shape index (κ1) is 22.3. The molecule has 3 aromatic rings. The highest BCUT2D eigenvalue weighted by Gasteiger charge is 2.34. The maximum Gasteiger partial charge on any atom is 0.335 e. The third-order valence-corrected chi connectivity index (χ3v) is 6.98. The fraction of sp³-hybridized carbons (Fsp3) is 0.360. The van der Waals surface area contributed by atoms with E-state index in [1.165, 1.54) is 0 Å². The van der Waals surface area contributed by atoms with Crippen LogP contribution in [0.3, 0.4) is 0 Å². The minimum atomic E-state index is -0.912. The molecule has 2 aromatic carbocycles. The van der Waals surface area contributed by atoms with Crippen LogP contribution in [0, 0.1) is 0 Å². The van der Waals surface area contributed by atoms with E-state index in [9.17, 15) is 4.79 Å². The second kappa shape index (κ2) is 9.37. The van der Waals surface area contributed by atoms with Gasteiger partial charge in [-0.1, -0.05) is 34.4 Å². The summed E-state index contributed by atoms with van der Waals surface area (Å²) in [5.41, 5.74) is 3.63. The Morgan fingerprint density at radius 3 is 2.33 bits per heavy atom. The van der Waals surface area contributed by atoms with Crippen molar-refractivity contribution in [2.45, 2.75) is 44.3 Å². The normalized spacial score (nSPS) is 16.8. The number of rotatable bonds is 7. The molecule has 0 atom stereocenters. The number of ether oxygens (including phenoxy) is 1. The highest BCUT2D eigenvalue weighted by Crippen LogP contribution is 2.46. The predicted octanol–water partition coefficient (Wildman–Crippen LogP) is 6.41. The van der Waals surface area contributed by atoms with Gasteiger partial charge in [-0.15, -0.1) is 0 Å². The summed E-state index contributed by atoms with van der Waals surface area (Å²) in [6.07, 6.45) is 4.07. The maximum absolute atomic E-state index is 11.1. The molecule has 0 spiro atoms. The highest BCUT2D eigenvalue weighted by atomic mass is 35.5. The lowest BCUT2D eigenvalue weighted by Crippen LogP contribution is -2.37. The topological polar surface area (TPSA) is 75.8 Å². The van der Waals surface area contributed by atoms with Crippen molar-refractivity contribution in [1.82, 2.24) is 5.16 Å². The van der Waals surface area contributed by atoms with Crippen LogP contribution in [0.2, 0.25) is 10.0 Å². The van der Waals surface area contributed by atoms with Gasteiger partial charge in [-0.25, -0.2) is 4.79 Å². The molecule has 6 nitrogen and oxygen atoms in total. The number of hydrogen-bond donors (Lipinski definition) is 1. The number of aromatic carboxylic acids is 1. The largest absolute Gasteiger partial charge is 0.478 e. The van der Waals surface area contributed by atoms with E-state index >= 15 is 0 Å². The molecule has 5 rings (SSSR count). The summed E-state index contributed by atoms with van der Waals surface area (Å²) < 4.78 is 12.1. The molecule has 2 aliphatic rings. The third kappa shape index (κ3) is 4.74. The van der Waals surface area contributed by atoms with Gasteiger partial charge in [-0.3, -0.25) is 0 Å². The zero-order chi connectivity index (χ0) is 22.9. The van der Waals surface area contributed by atoms with Gasteiger partial charge in [0.1, 0.15) is 11.5 Å². The Labute approximate surface area is 202 Å². The van der Waals surface area contributed by atoms with Gasteiger partial charge in [0.05, 0.1) is 28.3 Å². The van der Waals surface area contributed by atoms with E-state index in [0.29, 0.717) is 39.4 Å². The Balaban J connectivity index is 1.26. The lowest BCUT2D eigenvalue weighted by Gasteiger charge is -2.33. The van der Waals surface area contributed by atoms with Crippen LogP contribution in [0.25, 0.3) is 11.3 Å². The number of piperidine rings is 1. The van der Waals surface area contributed by atoms with Crippen molar-refractivity contribution in [3.8, 4) is 11.3 Å². The number of halogens is 2. The second-order valence-corrected chi connectivity index (χ2v) is 9.41. The molecule has 0 unspecified atom stereocenters. The number of carboxylic acids is 1. The molecular formula is C25H24Cl2N2O4. The Hall–Kier alpha value is -2.54. The lowest BCUT2D eigenvalue weighted by molar-refractivity contribution is 0.0246. The van der Waals surface area contributed by atoms with Crippen LogP contribution < -0.4 is 4.90 Å². The molecule has 1 saturated carbocycles. The Kier molecular flexibility index (Phi) is 6.32. The SMILES string of the molecule is O=C(O)c1ccc(N2CCC(OCc3c(-c4c(Cl)cccc4Cl)noc3C3CC3)CC2)cc1. The van der Waals surface area contributed by atoms with Crippen molar-refractivity contribution in [2.75, 3.05) is 18.0 Å². The molecule has 1 saturated heterocycles. The molecule has 2 fully saturated rings. The highest BCUT2D eigenvalue weighted by molar-refractivity contribution is 6.39. The summed E-state index contributed by atoms with van der Waals surface area (Å²) in [7, 11) is 0. The fourth-order valence-corrected chi connectivity index (χ4v) is 4.92. The number of aromatic nitrogens is 1. The number of nitrogens with zero attached hydrogens (tertiary/aromatic N) is 2. The average molecular weight is 487 g/mol. The van der Waals surface area contributed by atoms with Crippen molar-refractivity contribution >= 4 is 34.9 Å². The molecular weight excluding hydrogens is 463 g/mol. The zero-order valence-electron chi connectivity index (χ0n) is 18.0. The van der Waals surface area contributed by atoms with Gasteiger partial charge in [0, 0.05) is 35.8 Å². The Bertz CT molecular complexity index is 1130. The van der Waals surface area contributed by atoms with Crippen molar-refractivity contribution < 1.29 is 19.2 Å². The molecule has 8 heteroatoms. The number of anilines is 1. The van der Waals surface area contributed by atoms with Crippen molar-refractivity contribution in [1.29, 1.82) is 0 Å². The third-order valence-electron chi connectivity index (χ3n) is 6.35. The summed E-state index contributed by atoms with van der Waals surface area (Å²) in [5, 5.41) is 14.5. The molecule has 1 aliphatic heterocycles. The van der Waals surface area contributed by atoms with Crippen molar-refractivity contribution in [3.05, 3.63) is 69.4 Å². The van der Waals surface area contributed by atoms with Gasteiger partial charge >= 0.3 is 5.97 Å². The summed E-state index contributed by atoms with van der Waals surface area (Å²) in [5.74, 6) is 0.365. The molecule has 0 radical (unpaired) electrons. The first-order valence-electron chi connectivity index (χ1n) is 11.1. The van der Waals surface area contributed by atoms with Gasteiger partial charge < -0.3 is 19.3 Å². The van der Waals surface area contributed by atoms with E-state index in [1.54, 1.807) is 24.3 Å². The molecule has 0 amide bonds. The first-order valence-corrected chi connectivity index (χ1v) is 11.9. The fourth-order valence-electron chi connectivity index (χ4n) is 4.34. The molecule has 33 heavy (non-hydrogen) atoms. The van der Waals surface area contributed by atoms with Crippen LogP contribution in [-0.4, -0.2) is 35.4 Å². The number of carbonyl (C=O) groups is 1. The van der Waals surface area contributed by atoms with E-state index in [1.807, 2.05) is 18.2 Å². The van der Waals surface area contributed by atoms with Gasteiger partial charge in [0.2, 0.25) is 0 Å². The second-order valence-electron chi connectivity index (χ2n) is 8.59. The quantitative estimate of drug-likeness (QED) is 0.415. The molecule has 1 N–H and O–H groups in total. The van der Waals surface area contributed by atoms with E-state index < -0.39 is 5.97 Å². The number of hydrogen-bond acceptors (Lipinski definition) is 5. The summed E-state index contributed by atoms with van der Waals surface area (Å²) in [6, 6.07) is 12.4. The maximum atomic E-state index is 11.1. The summed E-state index contributed by atoms with van der Waals surface area (Å²) in [4.78, 5) is 13.3. The van der Waals surface area contributed by atoms with Crippen LogP contribution in [0.15, 0.2) is 47.0 Å². The smallest absolute Gasteiger partial charge is 0.335 e. The molecule has 2 heterocycles. The molecule has 0 bridgehead atoms. The summed E-state index contributed by atoms with van der Waals surface area (Å²) in [6.45, 7) is 2.10. The van der Waals surface area contributed by atoms with Crippen LogP contribution in [0.1, 0.15) is 53.3 Å². The molecule has 172 valence electrons. The van der Waals surface area contributed by atoms with Crippen molar-refractivity contribution in [3.63, 3.8) is 0 Å². The van der Waals surface area contributed by atoms with E-state index in [2.05, 4.69) is 10.1 Å². The standard InChI is InChI=1S/C25H24Cl2N2O4/c26-20-2-1-3-21(27)22(20)23-19(24(33-28-23)15-4-5-15)14-32-18-10-12-29(13-11-18)17-8-6-16(7-9-17)25(30)31/h1-3,6-9,15,18H,4-5,10-14H2,(H,30,31). The van der Waals surface area contributed by atoms with Gasteiger partial charge in [-0.2, -0.15) is 0 Å². The predicted molar refractivity (Wildman–Crippen MR) is 127 cm³/mol. The minimum Gasteiger partial charge on any atom is -0.478 e. The number of carboxylic acid groups (broad SMARTS) is 1. The van der Waals surface area contributed by atoms with Gasteiger partial charge in [0.25, 0.3) is 0 Å². The van der Waals surface area contributed by atoms with Crippen LogP contribution >= 0.6 is 23.2 Å². The first-order chi connectivity index (χ1) is 16.0. The van der Waals surface area contributed by atoms with E-state index in [-0.39, 0.29) is 6.10 Å². The van der Waals surface area contributed by atoms with Gasteiger partial charge in [0.15, 0.2) is 0 Å². The van der Waals surface area contributed by atoms with Crippen LogP contribution in [0.4, 0.5) is 5.69 Å². The monoisotopic (exact) mass is 486 g/mol. The van der Waals surface area contributed by atoms with Crippen molar-refractivity contribution in [2.24, 2.45) is 0 Å². The van der Waals surface area contributed by atoms with E-state index in [0.717, 1.165) is 55.8 Å². The number of benzene rings is 2. The summed E-state index contributed by atoms with van der Waals surface area (Å²) >= 11 is 12.9. The van der Waals surface area contributed by atoms with Gasteiger partial charge in [-0.05, 0) is 62.1 Å². The average Bonchev–Trinajstić information content (AvgIpc) is 3.58. The van der Waals surface area contributed by atoms with Crippen LogP contribution in [0.5, 0.6) is 0 Å².